The highest BCUT2D eigenvalue weighted by molar-refractivity contribution is 7.86. The Kier molecular flexibility index (Phi) is 4.17. The molecule has 4 rings (SSSR count). The lowest BCUT2D eigenvalue weighted by molar-refractivity contribution is 0.0745. The van der Waals surface area contributed by atoms with E-state index in [2.05, 4.69) is 6.92 Å². The Morgan fingerprint density at radius 2 is 1.82 bits per heavy atom. The molecule has 0 saturated carbocycles. The first kappa shape index (κ1) is 18.8. The third-order valence-electron chi connectivity index (χ3n) is 5.28. The maximum atomic E-state index is 12.1. The average Bonchev–Trinajstić information content (AvgIpc) is 2.59. The molecule has 146 valence electrons. The Labute approximate surface area is 164 Å². The van der Waals surface area contributed by atoms with Crippen molar-refractivity contribution in [1.82, 2.24) is 0 Å². The lowest BCUT2D eigenvalue weighted by Gasteiger charge is -2.36. The van der Waals surface area contributed by atoms with E-state index in [1.165, 1.54) is 6.07 Å². The highest BCUT2D eigenvalue weighted by Gasteiger charge is 2.33. The van der Waals surface area contributed by atoms with Gasteiger partial charge in [-0.2, -0.15) is 8.42 Å². The Balaban J connectivity index is 2.07. The van der Waals surface area contributed by atoms with Gasteiger partial charge >= 0.3 is 0 Å². The van der Waals surface area contributed by atoms with Crippen molar-refractivity contribution in [2.75, 3.05) is 0 Å². The van der Waals surface area contributed by atoms with Gasteiger partial charge in [0.05, 0.1) is 0 Å². The molecule has 0 fully saturated rings. The van der Waals surface area contributed by atoms with E-state index in [-0.39, 0.29) is 27.7 Å². The predicted octanol–water partition coefficient (Wildman–Crippen LogP) is 5.12. The molecule has 2 N–H and O–H groups in total. The molecule has 1 atom stereocenters. The summed E-state index contributed by atoms with van der Waals surface area (Å²) in [5.74, 6) is 0.758. The van der Waals surface area contributed by atoms with E-state index < -0.39 is 10.1 Å². The number of aromatic hydroxyl groups is 1. The van der Waals surface area contributed by atoms with Crippen LogP contribution in [0.15, 0.2) is 53.4 Å². The Morgan fingerprint density at radius 3 is 2.54 bits per heavy atom. The van der Waals surface area contributed by atoms with E-state index in [4.69, 9.17) is 4.74 Å². The van der Waals surface area contributed by atoms with Gasteiger partial charge in [0.2, 0.25) is 0 Å². The average molecular weight is 398 g/mol. The summed E-state index contributed by atoms with van der Waals surface area (Å²) >= 11 is 0. The number of phenols is 1. The van der Waals surface area contributed by atoms with Gasteiger partial charge in [-0.05, 0) is 55.2 Å². The van der Waals surface area contributed by atoms with Gasteiger partial charge in [-0.1, -0.05) is 37.3 Å². The monoisotopic (exact) mass is 398 g/mol. The summed E-state index contributed by atoms with van der Waals surface area (Å²) in [6.45, 7) is 6.07. The van der Waals surface area contributed by atoms with E-state index in [0.717, 1.165) is 17.4 Å². The molecular weight excluding hydrogens is 376 g/mol. The fourth-order valence-corrected chi connectivity index (χ4v) is 4.91. The molecule has 1 aliphatic rings. The van der Waals surface area contributed by atoms with E-state index in [9.17, 15) is 18.1 Å². The SMILES string of the molecule is CC1CC(C)(C)Oc2cc(-c3c(S(=O)(=O)O)ccc4ccccc34)c(O)cc21. The van der Waals surface area contributed by atoms with Gasteiger partial charge in [-0.25, -0.2) is 0 Å². The molecule has 0 amide bonds. The zero-order valence-electron chi connectivity index (χ0n) is 15.9. The van der Waals surface area contributed by atoms with Gasteiger partial charge in [0.25, 0.3) is 10.1 Å². The normalized spacial score (nSPS) is 18.5. The van der Waals surface area contributed by atoms with Gasteiger partial charge in [-0.3, -0.25) is 4.55 Å². The van der Waals surface area contributed by atoms with Crippen LogP contribution in [0.25, 0.3) is 21.9 Å². The molecule has 1 unspecified atom stereocenters. The largest absolute Gasteiger partial charge is 0.507 e. The van der Waals surface area contributed by atoms with E-state index in [1.807, 2.05) is 26.0 Å². The van der Waals surface area contributed by atoms with Crippen LogP contribution in [0.3, 0.4) is 0 Å². The van der Waals surface area contributed by atoms with Gasteiger partial charge in [0, 0.05) is 16.7 Å². The summed E-state index contributed by atoms with van der Waals surface area (Å²) in [4.78, 5) is -0.246. The van der Waals surface area contributed by atoms with Crippen LogP contribution in [0.5, 0.6) is 11.5 Å². The van der Waals surface area contributed by atoms with Crippen molar-refractivity contribution in [3.63, 3.8) is 0 Å². The molecule has 0 aliphatic carbocycles. The molecule has 5 nitrogen and oxygen atoms in total. The summed E-state index contributed by atoms with van der Waals surface area (Å²) < 4.78 is 40.1. The van der Waals surface area contributed by atoms with E-state index >= 15 is 0 Å². The fraction of sp³-hybridized carbons (Fsp3) is 0.273. The minimum Gasteiger partial charge on any atom is -0.507 e. The van der Waals surface area contributed by atoms with Crippen molar-refractivity contribution in [1.29, 1.82) is 0 Å². The second kappa shape index (κ2) is 6.22. The highest BCUT2D eigenvalue weighted by atomic mass is 32.2. The van der Waals surface area contributed by atoms with Crippen LogP contribution in [-0.4, -0.2) is 23.7 Å². The molecule has 1 aliphatic heterocycles. The summed E-state index contributed by atoms with van der Waals surface area (Å²) in [7, 11) is -4.50. The summed E-state index contributed by atoms with van der Waals surface area (Å²) in [6.07, 6.45) is 0.809. The third kappa shape index (κ3) is 3.12. The lowest BCUT2D eigenvalue weighted by Crippen LogP contribution is -2.34. The second-order valence-electron chi connectivity index (χ2n) is 8.01. The van der Waals surface area contributed by atoms with Crippen molar-refractivity contribution < 1.29 is 22.8 Å². The smallest absolute Gasteiger partial charge is 0.295 e. The van der Waals surface area contributed by atoms with Crippen LogP contribution in [0.2, 0.25) is 0 Å². The molecule has 3 aromatic rings. The number of ether oxygens (including phenoxy) is 1. The molecule has 3 aromatic carbocycles. The van der Waals surface area contributed by atoms with Gasteiger partial charge in [0.1, 0.15) is 22.0 Å². The van der Waals surface area contributed by atoms with Crippen molar-refractivity contribution >= 4 is 20.9 Å². The van der Waals surface area contributed by atoms with Gasteiger partial charge < -0.3 is 9.84 Å². The van der Waals surface area contributed by atoms with Crippen molar-refractivity contribution in [2.24, 2.45) is 0 Å². The minimum absolute atomic E-state index is 0.0461. The standard InChI is InChI=1S/C22H22O5S/c1-13-12-22(2,3)27-19-11-17(18(23)10-16(13)19)21-15-7-5-4-6-14(15)8-9-20(21)28(24,25)26/h4-11,13,23H,12H2,1-3H3,(H,24,25,26). The topological polar surface area (TPSA) is 83.8 Å². The molecule has 0 aromatic heterocycles. The summed E-state index contributed by atoms with van der Waals surface area (Å²) in [5.41, 5.74) is 1.09. The number of benzene rings is 3. The number of rotatable bonds is 2. The Bertz CT molecular complexity index is 1200. The first-order valence-corrected chi connectivity index (χ1v) is 10.6. The van der Waals surface area contributed by atoms with Gasteiger partial charge in [0.15, 0.2) is 0 Å². The van der Waals surface area contributed by atoms with Crippen LogP contribution in [-0.2, 0) is 10.1 Å². The van der Waals surface area contributed by atoms with Crippen LogP contribution >= 0.6 is 0 Å². The number of fused-ring (bicyclic) bond motifs is 2. The van der Waals surface area contributed by atoms with Crippen LogP contribution in [0, 0.1) is 0 Å². The van der Waals surface area contributed by atoms with Crippen molar-refractivity contribution in [2.45, 2.75) is 43.6 Å². The lowest BCUT2D eigenvalue weighted by atomic mass is 9.84. The first-order valence-electron chi connectivity index (χ1n) is 9.12. The van der Waals surface area contributed by atoms with Crippen molar-refractivity contribution in [3.05, 3.63) is 54.1 Å². The number of hydrogen-bond donors (Lipinski definition) is 2. The fourth-order valence-electron chi connectivity index (χ4n) is 4.19. The summed E-state index contributed by atoms with van der Waals surface area (Å²) in [5, 5.41) is 12.2. The molecule has 0 bridgehead atoms. The van der Waals surface area contributed by atoms with Crippen LogP contribution < -0.4 is 4.74 Å². The van der Waals surface area contributed by atoms with Crippen LogP contribution in [0.1, 0.15) is 38.7 Å². The molecule has 28 heavy (non-hydrogen) atoms. The maximum Gasteiger partial charge on any atom is 0.295 e. The quantitative estimate of drug-likeness (QED) is 0.585. The number of phenolic OH excluding ortho intramolecular Hbond substituents is 1. The first-order chi connectivity index (χ1) is 13.1. The van der Waals surface area contributed by atoms with Crippen molar-refractivity contribution in [3.8, 4) is 22.6 Å². The molecule has 0 radical (unpaired) electrons. The zero-order chi connectivity index (χ0) is 20.3. The zero-order valence-corrected chi connectivity index (χ0v) is 16.7. The number of hydrogen-bond acceptors (Lipinski definition) is 4. The van der Waals surface area contributed by atoms with Gasteiger partial charge in [-0.15, -0.1) is 0 Å². The van der Waals surface area contributed by atoms with Crippen LogP contribution in [0.4, 0.5) is 0 Å². The third-order valence-corrected chi connectivity index (χ3v) is 6.18. The summed E-state index contributed by atoms with van der Waals surface area (Å²) in [6, 6.07) is 13.6. The van der Waals surface area contributed by atoms with E-state index in [1.54, 1.807) is 30.3 Å². The van der Waals surface area contributed by atoms with E-state index in [0.29, 0.717) is 16.7 Å². The molecular formula is C22H22O5S. The molecule has 0 saturated heterocycles. The Hall–Kier alpha value is -2.57. The second-order valence-corrected chi connectivity index (χ2v) is 9.40. The maximum absolute atomic E-state index is 12.1. The molecule has 6 heteroatoms. The Morgan fingerprint density at radius 1 is 1.11 bits per heavy atom. The predicted molar refractivity (Wildman–Crippen MR) is 109 cm³/mol. The molecule has 0 spiro atoms. The highest BCUT2D eigenvalue weighted by Crippen LogP contribution is 2.47. The molecule has 1 heterocycles. The minimum atomic E-state index is -4.50.